The zero-order chi connectivity index (χ0) is 28.9. The highest BCUT2D eigenvalue weighted by Gasteiger charge is 2.27. The zero-order valence-electron chi connectivity index (χ0n) is 23.5. The van der Waals surface area contributed by atoms with Gasteiger partial charge in [-0.05, 0) is 54.8 Å². The van der Waals surface area contributed by atoms with Crippen molar-refractivity contribution in [2.45, 2.75) is 39.7 Å². The van der Waals surface area contributed by atoms with Gasteiger partial charge in [-0.3, -0.25) is 0 Å². The molecule has 0 saturated carbocycles. The van der Waals surface area contributed by atoms with Crippen molar-refractivity contribution in [3.63, 3.8) is 0 Å². The lowest BCUT2D eigenvalue weighted by Gasteiger charge is -2.14. The number of unbranched alkanes of at least 4 members (excludes halogenated alkanes) is 2. The van der Waals surface area contributed by atoms with Gasteiger partial charge in [0.2, 0.25) is 0 Å². The first-order valence-electron chi connectivity index (χ1n) is 13.6. The quantitative estimate of drug-likeness (QED) is 0.114. The number of esters is 1. The van der Waals surface area contributed by atoms with Gasteiger partial charge in [0.05, 0.1) is 44.7 Å². The third-order valence-electron chi connectivity index (χ3n) is 6.92. The number of fused-ring (bicyclic) bond motifs is 2. The number of carbonyl (C=O) groups is 1. The second kappa shape index (κ2) is 12.6. The van der Waals surface area contributed by atoms with Gasteiger partial charge < -0.3 is 23.5 Å². The van der Waals surface area contributed by atoms with E-state index in [0.717, 1.165) is 53.1 Å². The Balaban J connectivity index is 1.77. The van der Waals surface area contributed by atoms with Crippen molar-refractivity contribution in [1.29, 1.82) is 0 Å². The minimum Gasteiger partial charge on any atom is -0.494 e. The molecule has 0 amide bonds. The molecule has 5 aromatic rings. The lowest BCUT2D eigenvalue weighted by atomic mass is 10.0. The van der Waals surface area contributed by atoms with Gasteiger partial charge in [-0.1, -0.05) is 31.9 Å². The predicted molar refractivity (Wildman–Crippen MR) is 158 cm³/mol. The largest absolute Gasteiger partial charge is 0.494 e. The maximum Gasteiger partial charge on any atom is 0.355 e. The number of hydrogen-bond acceptors (Lipinski definition) is 8. The van der Waals surface area contributed by atoms with Gasteiger partial charge in [0.15, 0.2) is 23.1 Å². The Kier molecular flexibility index (Phi) is 8.68. The van der Waals surface area contributed by atoms with Gasteiger partial charge in [-0.15, -0.1) is 0 Å². The second-order valence-electron chi connectivity index (χ2n) is 9.54. The van der Waals surface area contributed by atoms with Crippen LogP contribution in [0.1, 0.15) is 49.2 Å². The summed E-state index contributed by atoms with van der Waals surface area (Å²) in [5.41, 5.74) is 4.57. The number of benzene rings is 3. The van der Waals surface area contributed by atoms with E-state index in [0.29, 0.717) is 46.9 Å². The molecule has 41 heavy (non-hydrogen) atoms. The van der Waals surface area contributed by atoms with Crippen molar-refractivity contribution in [2.75, 3.05) is 27.4 Å². The van der Waals surface area contributed by atoms with Crippen molar-refractivity contribution in [3.8, 4) is 28.4 Å². The van der Waals surface area contributed by atoms with Gasteiger partial charge in [0.25, 0.3) is 0 Å². The van der Waals surface area contributed by atoms with E-state index >= 15 is 0 Å². The molecular formula is C31H32FN3O5S. The summed E-state index contributed by atoms with van der Waals surface area (Å²) in [5, 5.41) is 0.701. The summed E-state index contributed by atoms with van der Waals surface area (Å²) < 4.78 is 48.1. The number of methoxy groups -OCH3 is 2. The molecule has 0 spiro atoms. The SMILES string of the molecule is CCCCCOc1cc2c(cc1OC)c(-c1ccc(OC)c(F)c1)c(C(=O)OCC)n2Cc1ccc2nsnc2c1. The summed E-state index contributed by atoms with van der Waals surface area (Å²) in [6.07, 6.45) is 3.03. The fourth-order valence-corrected chi connectivity index (χ4v) is 5.48. The summed E-state index contributed by atoms with van der Waals surface area (Å²) in [5.74, 6) is 0.144. The average molecular weight is 578 g/mol. The summed E-state index contributed by atoms with van der Waals surface area (Å²) in [6.45, 7) is 4.94. The first-order valence-corrected chi connectivity index (χ1v) is 14.3. The maximum absolute atomic E-state index is 15.0. The molecule has 214 valence electrons. The molecule has 0 saturated heterocycles. The Hall–Kier alpha value is -4.18. The van der Waals surface area contributed by atoms with Gasteiger partial charge >= 0.3 is 5.97 Å². The van der Waals surface area contributed by atoms with Crippen LogP contribution in [-0.4, -0.2) is 46.7 Å². The zero-order valence-corrected chi connectivity index (χ0v) is 24.3. The fraction of sp³-hybridized carbons (Fsp3) is 0.323. The Bertz CT molecular complexity index is 1700. The average Bonchev–Trinajstić information content (AvgIpc) is 3.57. The standard InChI is InChI=1S/C31H32FN3O5S/c1-5-7-8-13-40-28-17-25-21(16-27(28)38-4)29(20-10-12-26(37-3)22(32)15-20)30(31(36)39-6-2)35(25)18-19-9-11-23-24(14-19)34-41-33-23/h9-12,14-17H,5-8,13,18H2,1-4H3. The van der Waals surface area contributed by atoms with Crippen molar-refractivity contribution in [2.24, 2.45) is 0 Å². The third kappa shape index (κ3) is 5.69. The predicted octanol–water partition coefficient (Wildman–Crippen LogP) is 7.26. The molecule has 3 aromatic carbocycles. The summed E-state index contributed by atoms with van der Waals surface area (Å²) >= 11 is 1.15. The highest BCUT2D eigenvalue weighted by molar-refractivity contribution is 7.00. The van der Waals surface area contributed by atoms with Crippen LogP contribution < -0.4 is 14.2 Å². The molecule has 0 radical (unpaired) electrons. The summed E-state index contributed by atoms with van der Waals surface area (Å²) in [7, 11) is 2.99. The van der Waals surface area contributed by atoms with E-state index in [-0.39, 0.29) is 12.4 Å². The Morgan fingerprint density at radius 1 is 0.927 bits per heavy atom. The Labute approximate surface area is 241 Å². The molecule has 2 aromatic heterocycles. The van der Waals surface area contributed by atoms with E-state index in [4.69, 9.17) is 18.9 Å². The van der Waals surface area contributed by atoms with Crippen LogP contribution in [0.4, 0.5) is 4.39 Å². The molecule has 0 atom stereocenters. The van der Waals surface area contributed by atoms with Crippen LogP contribution in [-0.2, 0) is 11.3 Å². The lowest BCUT2D eigenvalue weighted by molar-refractivity contribution is 0.0516. The van der Waals surface area contributed by atoms with Gasteiger partial charge in [-0.2, -0.15) is 8.75 Å². The molecule has 10 heteroatoms. The number of nitrogens with zero attached hydrogens (tertiary/aromatic N) is 3. The lowest BCUT2D eigenvalue weighted by Crippen LogP contribution is -2.14. The minimum absolute atomic E-state index is 0.112. The van der Waals surface area contributed by atoms with E-state index < -0.39 is 11.8 Å². The number of aromatic nitrogens is 3. The topological polar surface area (TPSA) is 84.7 Å². The molecule has 0 bridgehead atoms. The molecular weight excluding hydrogens is 545 g/mol. The van der Waals surface area contributed by atoms with E-state index in [2.05, 4.69) is 15.7 Å². The van der Waals surface area contributed by atoms with Gasteiger partial charge in [0, 0.05) is 23.6 Å². The molecule has 0 N–H and O–H groups in total. The molecule has 5 rings (SSSR count). The molecule has 0 unspecified atom stereocenters. The number of rotatable bonds is 12. The molecule has 2 heterocycles. The van der Waals surface area contributed by atoms with Crippen LogP contribution >= 0.6 is 11.7 Å². The number of hydrogen-bond donors (Lipinski definition) is 0. The van der Waals surface area contributed by atoms with E-state index in [1.54, 1.807) is 26.2 Å². The van der Waals surface area contributed by atoms with Crippen LogP contribution in [0.2, 0.25) is 0 Å². The maximum atomic E-state index is 15.0. The minimum atomic E-state index is -0.537. The van der Waals surface area contributed by atoms with Crippen molar-refractivity contribution in [1.82, 2.24) is 13.3 Å². The fourth-order valence-electron chi connectivity index (χ4n) is 4.96. The first-order chi connectivity index (χ1) is 20.0. The molecule has 0 aliphatic rings. The third-order valence-corrected chi connectivity index (χ3v) is 7.48. The van der Waals surface area contributed by atoms with Crippen LogP contribution in [0.25, 0.3) is 33.1 Å². The molecule has 8 nitrogen and oxygen atoms in total. The Morgan fingerprint density at radius 3 is 2.46 bits per heavy atom. The number of ether oxygens (including phenoxy) is 4. The highest BCUT2D eigenvalue weighted by atomic mass is 32.1. The second-order valence-corrected chi connectivity index (χ2v) is 10.1. The first kappa shape index (κ1) is 28.4. The molecule has 0 aliphatic heterocycles. The van der Waals surface area contributed by atoms with Crippen molar-refractivity contribution >= 4 is 39.6 Å². The molecule has 0 aliphatic carbocycles. The van der Waals surface area contributed by atoms with Crippen LogP contribution in [0.3, 0.4) is 0 Å². The Morgan fingerprint density at radius 2 is 1.73 bits per heavy atom. The highest BCUT2D eigenvalue weighted by Crippen LogP contribution is 2.42. The van der Waals surface area contributed by atoms with Gasteiger partial charge in [0.1, 0.15) is 16.7 Å². The van der Waals surface area contributed by atoms with Crippen LogP contribution in [0.15, 0.2) is 48.5 Å². The monoisotopic (exact) mass is 577 g/mol. The summed E-state index contributed by atoms with van der Waals surface area (Å²) in [4.78, 5) is 13.6. The molecule has 0 fully saturated rings. The normalized spacial score (nSPS) is 11.2. The van der Waals surface area contributed by atoms with Crippen molar-refractivity contribution in [3.05, 3.63) is 65.6 Å². The van der Waals surface area contributed by atoms with Crippen LogP contribution in [0, 0.1) is 5.82 Å². The summed E-state index contributed by atoms with van der Waals surface area (Å²) in [6, 6.07) is 14.2. The van der Waals surface area contributed by atoms with Crippen LogP contribution in [0.5, 0.6) is 17.2 Å². The smallest absolute Gasteiger partial charge is 0.355 e. The van der Waals surface area contributed by atoms with E-state index in [1.165, 1.54) is 13.2 Å². The van der Waals surface area contributed by atoms with Crippen molar-refractivity contribution < 1.29 is 28.1 Å². The van der Waals surface area contributed by atoms with Gasteiger partial charge in [-0.25, -0.2) is 9.18 Å². The van der Waals surface area contributed by atoms with E-state index in [9.17, 15) is 9.18 Å². The number of carbonyl (C=O) groups excluding carboxylic acids is 1. The number of halogens is 1. The van der Waals surface area contributed by atoms with E-state index in [1.807, 2.05) is 34.9 Å².